The number of fused-ring (bicyclic) bond motifs is 3. The minimum absolute atomic E-state index is 0.209. The van der Waals surface area contributed by atoms with Crippen molar-refractivity contribution in [1.29, 1.82) is 0 Å². The number of halogens is 2. The molecule has 1 heterocycles. The van der Waals surface area contributed by atoms with Gasteiger partial charge in [0.25, 0.3) is 0 Å². The predicted octanol–water partition coefficient (Wildman–Crippen LogP) is 5.69. The van der Waals surface area contributed by atoms with Crippen LogP contribution in [0.4, 0.5) is 4.39 Å². The van der Waals surface area contributed by atoms with Crippen molar-refractivity contribution in [2.45, 2.75) is 0 Å². The molecular weight excluding hydrogens is 329 g/mol. The highest BCUT2D eigenvalue weighted by molar-refractivity contribution is 9.10. The summed E-state index contributed by atoms with van der Waals surface area (Å²) in [6.45, 7) is 0. The fourth-order valence-electron chi connectivity index (χ4n) is 2.86. The Bertz CT molecular complexity index is 971. The summed E-state index contributed by atoms with van der Waals surface area (Å²) in [6, 6.07) is 21.1. The lowest BCUT2D eigenvalue weighted by molar-refractivity contribution is 0.635. The van der Waals surface area contributed by atoms with Crippen LogP contribution in [0.3, 0.4) is 0 Å². The normalized spacial score (nSPS) is 11.3. The van der Waals surface area contributed by atoms with Gasteiger partial charge in [-0.05, 0) is 40.2 Å². The molecule has 1 nitrogen and oxygen atoms in total. The van der Waals surface area contributed by atoms with Gasteiger partial charge >= 0.3 is 0 Å². The molecule has 0 N–H and O–H groups in total. The highest BCUT2D eigenvalue weighted by atomic mass is 79.9. The lowest BCUT2D eigenvalue weighted by Crippen LogP contribution is -1.96. The summed E-state index contributed by atoms with van der Waals surface area (Å²) in [4.78, 5) is 0. The molecule has 0 unspecified atom stereocenters. The minimum atomic E-state index is -0.209. The van der Waals surface area contributed by atoms with Gasteiger partial charge in [0.15, 0.2) is 0 Å². The van der Waals surface area contributed by atoms with Gasteiger partial charge in [-0.15, -0.1) is 0 Å². The zero-order valence-electron chi connectivity index (χ0n) is 11.1. The molecule has 0 radical (unpaired) electrons. The van der Waals surface area contributed by atoms with Crippen molar-refractivity contribution < 1.29 is 4.39 Å². The van der Waals surface area contributed by atoms with Crippen molar-refractivity contribution in [3.63, 3.8) is 0 Å². The second-order valence-electron chi connectivity index (χ2n) is 4.94. The Hall–Kier alpha value is -2.13. The molecule has 0 spiro atoms. The van der Waals surface area contributed by atoms with E-state index >= 15 is 0 Å². The van der Waals surface area contributed by atoms with Crippen molar-refractivity contribution in [3.05, 3.63) is 77.0 Å². The van der Waals surface area contributed by atoms with E-state index in [9.17, 15) is 4.39 Å². The summed E-state index contributed by atoms with van der Waals surface area (Å²) in [5.74, 6) is -0.209. The maximum atomic E-state index is 14.5. The third kappa shape index (κ3) is 1.81. The van der Waals surface area contributed by atoms with Crippen LogP contribution in [0.2, 0.25) is 0 Å². The zero-order valence-corrected chi connectivity index (χ0v) is 12.6. The molecule has 0 fully saturated rings. The fourth-order valence-corrected chi connectivity index (χ4v) is 3.32. The second kappa shape index (κ2) is 4.71. The summed E-state index contributed by atoms with van der Waals surface area (Å²) in [7, 11) is 0. The zero-order chi connectivity index (χ0) is 14.4. The van der Waals surface area contributed by atoms with Gasteiger partial charge in [0, 0.05) is 15.2 Å². The number of para-hydroxylation sites is 3. The van der Waals surface area contributed by atoms with E-state index in [4.69, 9.17) is 0 Å². The maximum absolute atomic E-state index is 14.5. The van der Waals surface area contributed by atoms with Gasteiger partial charge in [-0.25, -0.2) is 4.39 Å². The summed E-state index contributed by atoms with van der Waals surface area (Å²) in [5.41, 5.74) is 2.56. The number of hydrogen-bond acceptors (Lipinski definition) is 0. The van der Waals surface area contributed by atoms with E-state index < -0.39 is 0 Å². The van der Waals surface area contributed by atoms with Gasteiger partial charge in [0.2, 0.25) is 0 Å². The Morgan fingerprint density at radius 3 is 2.33 bits per heavy atom. The molecule has 0 atom stereocenters. The quantitative estimate of drug-likeness (QED) is 0.420. The van der Waals surface area contributed by atoms with E-state index in [-0.39, 0.29) is 5.82 Å². The molecule has 0 aliphatic rings. The number of rotatable bonds is 1. The molecule has 0 aliphatic carbocycles. The molecule has 4 aromatic rings. The first kappa shape index (κ1) is 12.6. The molecule has 0 aliphatic heterocycles. The maximum Gasteiger partial charge on any atom is 0.147 e. The molecule has 3 heteroatoms. The summed E-state index contributed by atoms with van der Waals surface area (Å²) in [6.07, 6.45) is 0. The van der Waals surface area contributed by atoms with Gasteiger partial charge in [-0.3, -0.25) is 0 Å². The Labute approximate surface area is 129 Å². The first-order valence-corrected chi connectivity index (χ1v) is 7.49. The van der Waals surface area contributed by atoms with Crippen molar-refractivity contribution >= 4 is 37.7 Å². The van der Waals surface area contributed by atoms with Crippen LogP contribution in [0.25, 0.3) is 27.5 Å². The number of benzene rings is 3. The van der Waals surface area contributed by atoms with E-state index in [0.717, 1.165) is 26.4 Å². The number of aromatic nitrogens is 1. The number of nitrogens with zero attached hydrogens (tertiary/aromatic N) is 1. The van der Waals surface area contributed by atoms with Crippen LogP contribution >= 0.6 is 15.9 Å². The predicted molar refractivity (Wildman–Crippen MR) is 88.4 cm³/mol. The van der Waals surface area contributed by atoms with Crippen LogP contribution in [0.5, 0.6) is 0 Å². The molecule has 0 bridgehead atoms. The average Bonchev–Trinajstić information content (AvgIpc) is 2.84. The Morgan fingerprint density at radius 2 is 1.48 bits per heavy atom. The second-order valence-corrected chi connectivity index (χ2v) is 5.79. The van der Waals surface area contributed by atoms with Crippen LogP contribution in [-0.4, -0.2) is 4.57 Å². The van der Waals surface area contributed by atoms with Gasteiger partial charge < -0.3 is 4.57 Å². The topological polar surface area (TPSA) is 4.93 Å². The van der Waals surface area contributed by atoms with E-state index in [1.807, 2.05) is 59.2 Å². The Kier molecular flexibility index (Phi) is 2.82. The molecule has 1 aromatic heterocycles. The molecule has 102 valence electrons. The van der Waals surface area contributed by atoms with Gasteiger partial charge in [0.05, 0.1) is 16.7 Å². The van der Waals surface area contributed by atoms with Gasteiger partial charge in [0.1, 0.15) is 5.82 Å². The highest BCUT2D eigenvalue weighted by Crippen LogP contribution is 2.35. The lowest BCUT2D eigenvalue weighted by atomic mass is 10.1. The third-order valence-electron chi connectivity index (χ3n) is 3.74. The Morgan fingerprint density at radius 1 is 0.762 bits per heavy atom. The van der Waals surface area contributed by atoms with Crippen LogP contribution < -0.4 is 0 Å². The Balaban J connectivity index is 2.28. The average molecular weight is 340 g/mol. The summed E-state index contributed by atoms with van der Waals surface area (Å²) in [5, 5.41) is 1.99. The highest BCUT2D eigenvalue weighted by Gasteiger charge is 2.16. The first-order chi connectivity index (χ1) is 10.3. The van der Waals surface area contributed by atoms with Crippen LogP contribution in [0.15, 0.2) is 71.2 Å². The summed E-state index contributed by atoms with van der Waals surface area (Å²) < 4.78 is 17.4. The van der Waals surface area contributed by atoms with Crippen LogP contribution in [0.1, 0.15) is 0 Å². The van der Waals surface area contributed by atoms with E-state index in [1.54, 1.807) is 6.07 Å². The summed E-state index contributed by atoms with van der Waals surface area (Å²) >= 11 is 3.57. The monoisotopic (exact) mass is 339 g/mol. The van der Waals surface area contributed by atoms with E-state index in [1.165, 1.54) is 6.07 Å². The third-order valence-corrected chi connectivity index (χ3v) is 4.41. The largest absolute Gasteiger partial charge is 0.305 e. The van der Waals surface area contributed by atoms with Crippen molar-refractivity contribution in [3.8, 4) is 5.69 Å². The molecule has 0 saturated heterocycles. The van der Waals surface area contributed by atoms with Crippen LogP contribution in [-0.2, 0) is 0 Å². The van der Waals surface area contributed by atoms with E-state index in [2.05, 4.69) is 15.9 Å². The molecular formula is C18H11BrFN. The fraction of sp³-hybridized carbons (Fsp3) is 0. The van der Waals surface area contributed by atoms with Crippen LogP contribution in [0, 0.1) is 5.82 Å². The van der Waals surface area contributed by atoms with Gasteiger partial charge in [-0.1, -0.05) is 42.5 Å². The first-order valence-electron chi connectivity index (χ1n) is 6.70. The van der Waals surface area contributed by atoms with Crippen molar-refractivity contribution in [2.24, 2.45) is 0 Å². The van der Waals surface area contributed by atoms with Gasteiger partial charge in [-0.2, -0.15) is 0 Å². The molecule has 21 heavy (non-hydrogen) atoms. The molecule has 3 aromatic carbocycles. The molecule has 0 amide bonds. The number of hydrogen-bond donors (Lipinski definition) is 0. The smallest absolute Gasteiger partial charge is 0.147 e. The minimum Gasteiger partial charge on any atom is -0.305 e. The lowest BCUT2D eigenvalue weighted by Gasteiger charge is -2.10. The van der Waals surface area contributed by atoms with Crippen molar-refractivity contribution in [2.75, 3.05) is 0 Å². The molecule has 4 rings (SSSR count). The molecule has 0 saturated carbocycles. The van der Waals surface area contributed by atoms with Crippen molar-refractivity contribution in [1.82, 2.24) is 4.57 Å². The standard InChI is InChI=1S/C18H11BrFN/c19-14-8-2-4-11-17(14)21-16-10-3-1-6-12(16)13-7-5-9-15(20)18(13)21/h1-11H. The SMILES string of the molecule is Fc1cccc2c3ccccc3n(-c3ccccc3Br)c12. The van der Waals surface area contributed by atoms with E-state index in [0.29, 0.717) is 5.52 Å².